The molecule has 2 aromatic rings. The Hall–Kier alpha value is -1.32. The largest absolute Gasteiger partial charge is 0.380 e. The summed E-state index contributed by atoms with van der Waals surface area (Å²) in [5.41, 5.74) is 2.14. The fourth-order valence-electron chi connectivity index (χ4n) is 3.82. The number of hydrogen-bond acceptors (Lipinski definition) is 3. The molecule has 2 aliphatic heterocycles. The number of aromatic nitrogens is 1. The molecule has 0 saturated carbocycles. The molecular weight excluding hydrogens is 282 g/mol. The number of hydrogen-bond donors (Lipinski definition) is 1. The second-order valence-corrected chi connectivity index (χ2v) is 6.68. The molecule has 0 spiro atoms. The Morgan fingerprint density at radius 2 is 2.19 bits per heavy atom. The van der Waals surface area contributed by atoms with Crippen LogP contribution in [0.2, 0.25) is 5.02 Å². The van der Waals surface area contributed by atoms with Gasteiger partial charge in [-0.05, 0) is 50.1 Å². The molecular formula is C17H20ClN3. The van der Waals surface area contributed by atoms with Gasteiger partial charge >= 0.3 is 0 Å². The topological polar surface area (TPSA) is 28.2 Å². The minimum atomic E-state index is 0.550. The molecule has 21 heavy (non-hydrogen) atoms. The highest BCUT2D eigenvalue weighted by Gasteiger charge is 2.33. The van der Waals surface area contributed by atoms with Crippen LogP contribution in [0.15, 0.2) is 30.5 Å². The van der Waals surface area contributed by atoms with Gasteiger partial charge in [0.15, 0.2) is 0 Å². The fourth-order valence-corrected chi connectivity index (χ4v) is 3.99. The van der Waals surface area contributed by atoms with Crippen molar-refractivity contribution in [2.45, 2.75) is 37.8 Å². The van der Waals surface area contributed by atoms with E-state index in [0.29, 0.717) is 6.04 Å². The standard InChI is InChI=1S/C17H20ClN3/c18-12-4-5-15-16(6-7-19-17(15)9-12)20-13-10-14-3-1-2-8-21(14)11-13/h4-7,9,13-14H,1-3,8,10-11H2,(H,19,20). The maximum atomic E-state index is 6.06. The van der Waals surface area contributed by atoms with Crippen molar-refractivity contribution in [3.63, 3.8) is 0 Å². The Kier molecular flexibility index (Phi) is 3.48. The molecule has 2 aliphatic rings. The van der Waals surface area contributed by atoms with Crippen molar-refractivity contribution in [2.24, 2.45) is 0 Å². The monoisotopic (exact) mass is 301 g/mol. The molecule has 2 fully saturated rings. The van der Waals surface area contributed by atoms with Crippen LogP contribution in [-0.4, -0.2) is 35.1 Å². The molecule has 4 heteroatoms. The maximum absolute atomic E-state index is 6.06. The van der Waals surface area contributed by atoms with Gasteiger partial charge in [-0.3, -0.25) is 9.88 Å². The van der Waals surface area contributed by atoms with Crippen LogP contribution in [0.5, 0.6) is 0 Å². The highest BCUT2D eigenvalue weighted by Crippen LogP contribution is 2.31. The van der Waals surface area contributed by atoms with Gasteiger partial charge in [-0.15, -0.1) is 0 Å². The first-order chi connectivity index (χ1) is 10.3. The van der Waals surface area contributed by atoms with Gasteiger partial charge in [-0.2, -0.15) is 0 Å². The quantitative estimate of drug-likeness (QED) is 0.911. The van der Waals surface area contributed by atoms with Gasteiger partial charge in [-0.25, -0.2) is 0 Å². The van der Waals surface area contributed by atoms with E-state index in [-0.39, 0.29) is 0 Å². The van der Waals surface area contributed by atoms with Crippen LogP contribution < -0.4 is 5.32 Å². The first-order valence-corrected chi connectivity index (χ1v) is 8.22. The van der Waals surface area contributed by atoms with Crippen molar-refractivity contribution in [2.75, 3.05) is 18.4 Å². The Morgan fingerprint density at radius 1 is 1.24 bits per heavy atom. The molecule has 0 aliphatic carbocycles. The lowest BCUT2D eigenvalue weighted by Gasteiger charge is -2.28. The Labute approximate surface area is 130 Å². The normalized spacial score (nSPS) is 26.0. The SMILES string of the molecule is Clc1ccc2c(NC3CC4CCCCN4C3)ccnc2c1. The van der Waals surface area contributed by atoms with Crippen molar-refractivity contribution in [3.8, 4) is 0 Å². The van der Waals surface area contributed by atoms with Crippen molar-refractivity contribution in [1.82, 2.24) is 9.88 Å². The number of piperidine rings is 1. The number of halogens is 1. The van der Waals surface area contributed by atoms with Gasteiger partial charge in [0, 0.05) is 40.9 Å². The van der Waals surface area contributed by atoms with Crippen LogP contribution in [0.1, 0.15) is 25.7 Å². The Balaban J connectivity index is 1.57. The van der Waals surface area contributed by atoms with E-state index in [9.17, 15) is 0 Å². The van der Waals surface area contributed by atoms with E-state index < -0.39 is 0 Å². The van der Waals surface area contributed by atoms with Gasteiger partial charge in [0.2, 0.25) is 0 Å². The van der Waals surface area contributed by atoms with Crippen LogP contribution >= 0.6 is 11.6 Å². The third kappa shape index (κ3) is 2.60. The molecule has 2 unspecified atom stereocenters. The maximum Gasteiger partial charge on any atom is 0.0737 e. The minimum Gasteiger partial charge on any atom is -0.380 e. The molecule has 0 radical (unpaired) electrons. The summed E-state index contributed by atoms with van der Waals surface area (Å²) in [4.78, 5) is 7.07. The zero-order valence-corrected chi connectivity index (χ0v) is 12.8. The van der Waals surface area contributed by atoms with Crippen molar-refractivity contribution in [3.05, 3.63) is 35.5 Å². The number of pyridine rings is 1. The van der Waals surface area contributed by atoms with E-state index in [0.717, 1.165) is 22.0 Å². The summed E-state index contributed by atoms with van der Waals surface area (Å²) in [6, 6.07) is 9.35. The van der Waals surface area contributed by atoms with Crippen LogP contribution in [0.3, 0.4) is 0 Å². The molecule has 1 aromatic carbocycles. The zero-order chi connectivity index (χ0) is 14.2. The van der Waals surface area contributed by atoms with Gasteiger partial charge in [0.05, 0.1) is 5.52 Å². The van der Waals surface area contributed by atoms with E-state index in [4.69, 9.17) is 11.6 Å². The lowest BCUT2D eigenvalue weighted by Crippen LogP contribution is -2.34. The zero-order valence-electron chi connectivity index (χ0n) is 12.1. The summed E-state index contributed by atoms with van der Waals surface area (Å²) in [6.45, 7) is 2.44. The molecule has 110 valence electrons. The van der Waals surface area contributed by atoms with Crippen LogP contribution in [0.4, 0.5) is 5.69 Å². The fraction of sp³-hybridized carbons (Fsp3) is 0.471. The van der Waals surface area contributed by atoms with Crippen molar-refractivity contribution in [1.29, 1.82) is 0 Å². The summed E-state index contributed by atoms with van der Waals surface area (Å²) < 4.78 is 0. The van der Waals surface area contributed by atoms with E-state index in [1.54, 1.807) is 0 Å². The number of benzene rings is 1. The number of anilines is 1. The highest BCUT2D eigenvalue weighted by molar-refractivity contribution is 6.31. The van der Waals surface area contributed by atoms with Gasteiger partial charge in [-0.1, -0.05) is 18.0 Å². The molecule has 1 aromatic heterocycles. The molecule has 1 N–H and O–H groups in total. The summed E-state index contributed by atoms with van der Waals surface area (Å²) >= 11 is 6.06. The third-order valence-electron chi connectivity index (χ3n) is 4.82. The number of rotatable bonds is 2. The molecule has 4 rings (SSSR count). The second kappa shape index (κ2) is 5.47. The smallest absolute Gasteiger partial charge is 0.0737 e. The van der Waals surface area contributed by atoms with Crippen molar-refractivity contribution >= 4 is 28.2 Å². The summed E-state index contributed by atoms with van der Waals surface area (Å²) in [5, 5.41) is 5.63. The van der Waals surface area contributed by atoms with Gasteiger partial charge in [0.25, 0.3) is 0 Å². The van der Waals surface area contributed by atoms with Crippen LogP contribution in [0, 0.1) is 0 Å². The molecule has 2 saturated heterocycles. The van der Waals surface area contributed by atoms with Gasteiger partial charge < -0.3 is 5.32 Å². The molecule has 3 nitrogen and oxygen atoms in total. The summed E-state index contributed by atoms with van der Waals surface area (Å²) in [6.07, 6.45) is 7.25. The predicted octanol–water partition coefficient (Wildman–Crippen LogP) is 3.93. The minimum absolute atomic E-state index is 0.550. The first kappa shape index (κ1) is 13.4. The average Bonchev–Trinajstić information content (AvgIpc) is 2.89. The highest BCUT2D eigenvalue weighted by atomic mass is 35.5. The summed E-state index contributed by atoms with van der Waals surface area (Å²) in [7, 11) is 0. The molecule has 0 bridgehead atoms. The second-order valence-electron chi connectivity index (χ2n) is 6.24. The average molecular weight is 302 g/mol. The first-order valence-electron chi connectivity index (χ1n) is 7.84. The molecule has 2 atom stereocenters. The molecule has 0 amide bonds. The van der Waals surface area contributed by atoms with Crippen LogP contribution in [-0.2, 0) is 0 Å². The van der Waals surface area contributed by atoms with E-state index >= 15 is 0 Å². The van der Waals surface area contributed by atoms with E-state index in [1.165, 1.54) is 44.5 Å². The lowest BCUT2D eigenvalue weighted by molar-refractivity contribution is 0.198. The van der Waals surface area contributed by atoms with Crippen LogP contribution in [0.25, 0.3) is 10.9 Å². The number of nitrogens with one attached hydrogen (secondary N) is 1. The lowest BCUT2D eigenvalue weighted by atomic mass is 10.0. The van der Waals surface area contributed by atoms with Crippen molar-refractivity contribution < 1.29 is 0 Å². The third-order valence-corrected chi connectivity index (χ3v) is 5.06. The van der Waals surface area contributed by atoms with E-state index in [1.807, 2.05) is 18.3 Å². The van der Waals surface area contributed by atoms with Gasteiger partial charge in [0.1, 0.15) is 0 Å². The Bertz CT molecular complexity index is 644. The Morgan fingerprint density at radius 3 is 3.10 bits per heavy atom. The van der Waals surface area contributed by atoms with E-state index in [2.05, 4.69) is 27.3 Å². The summed E-state index contributed by atoms with van der Waals surface area (Å²) in [5.74, 6) is 0. The predicted molar refractivity (Wildman–Crippen MR) is 88.0 cm³/mol. The molecule has 3 heterocycles. The number of fused-ring (bicyclic) bond motifs is 2. The number of nitrogens with zero attached hydrogens (tertiary/aromatic N) is 2.